The molecule has 2 N–H and O–H groups in total. The van der Waals surface area contributed by atoms with Crippen molar-refractivity contribution in [3.05, 3.63) is 23.8 Å². The van der Waals surface area contributed by atoms with Crippen molar-refractivity contribution in [2.45, 2.75) is 13.0 Å². The summed E-state index contributed by atoms with van der Waals surface area (Å²) in [5.74, 6) is 0.00625. The Morgan fingerprint density at radius 3 is 2.95 bits per heavy atom. The molecule has 7 heteroatoms. The second-order valence-corrected chi connectivity index (χ2v) is 5.68. The molecule has 0 radical (unpaired) electrons. The number of nitrogens with one attached hydrogen (secondary N) is 1. The second kappa shape index (κ2) is 6.71. The minimum absolute atomic E-state index is 0.0430. The van der Waals surface area contributed by atoms with Gasteiger partial charge in [-0.2, -0.15) is 11.8 Å². The van der Waals surface area contributed by atoms with Gasteiger partial charge in [-0.15, -0.1) is 0 Å². The molecular formula is C14H18N2O4S. The largest absolute Gasteiger partial charge is 0.489 e. The van der Waals surface area contributed by atoms with Crippen molar-refractivity contribution in [3.8, 4) is 5.75 Å². The van der Waals surface area contributed by atoms with Crippen LogP contribution in [0.4, 0.5) is 10.5 Å². The van der Waals surface area contributed by atoms with E-state index in [4.69, 9.17) is 4.74 Å². The quantitative estimate of drug-likeness (QED) is 0.890. The highest BCUT2D eigenvalue weighted by Crippen LogP contribution is 2.35. The number of amides is 2. The summed E-state index contributed by atoms with van der Waals surface area (Å²) in [5, 5.41) is 12.1. The average Bonchev–Trinajstić information content (AvgIpc) is 2.45. The van der Waals surface area contributed by atoms with Gasteiger partial charge >= 0.3 is 12.0 Å². The molecule has 1 aliphatic heterocycles. The Hall–Kier alpha value is -1.89. The number of hydrogen-bond donors (Lipinski definition) is 2. The van der Waals surface area contributed by atoms with Gasteiger partial charge in [0.1, 0.15) is 12.2 Å². The zero-order chi connectivity index (χ0) is 15.4. The molecule has 1 atom stereocenters. The lowest BCUT2D eigenvalue weighted by molar-refractivity contribution is 0.0692. The minimum atomic E-state index is -1.06. The molecule has 114 valence electrons. The highest BCUT2D eigenvalue weighted by atomic mass is 32.2. The fourth-order valence-corrected chi connectivity index (χ4v) is 2.79. The van der Waals surface area contributed by atoms with Gasteiger partial charge in [0, 0.05) is 11.8 Å². The first-order valence-corrected chi connectivity index (χ1v) is 8.00. The number of thioether (sulfide) groups is 1. The van der Waals surface area contributed by atoms with E-state index in [2.05, 4.69) is 5.32 Å². The number of carbonyl (C=O) groups excluding carboxylic acids is 1. The molecule has 0 bridgehead atoms. The Kier molecular flexibility index (Phi) is 4.95. The number of ether oxygens (including phenoxy) is 1. The molecular weight excluding hydrogens is 292 g/mol. The van der Waals surface area contributed by atoms with Crippen LogP contribution in [0.5, 0.6) is 5.75 Å². The number of nitrogens with zero attached hydrogens (tertiary/aromatic N) is 1. The molecule has 1 unspecified atom stereocenters. The normalized spacial score (nSPS) is 14.9. The van der Waals surface area contributed by atoms with Crippen LogP contribution >= 0.6 is 11.8 Å². The third-order valence-electron chi connectivity index (χ3n) is 3.11. The van der Waals surface area contributed by atoms with Crippen molar-refractivity contribution >= 4 is 29.4 Å². The van der Waals surface area contributed by atoms with Gasteiger partial charge < -0.3 is 15.2 Å². The van der Waals surface area contributed by atoms with Crippen molar-refractivity contribution in [2.75, 3.05) is 30.1 Å². The van der Waals surface area contributed by atoms with E-state index in [1.165, 1.54) is 11.0 Å². The molecule has 0 saturated heterocycles. The number of carboxylic acids is 1. The van der Waals surface area contributed by atoms with Crippen LogP contribution in [0.2, 0.25) is 0 Å². The molecule has 21 heavy (non-hydrogen) atoms. The van der Waals surface area contributed by atoms with E-state index in [0.29, 0.717) is 12.2 Å². The molecule has 1 aliphatic rings. The number of aromatic carboxylic acids is 1. The van der Waals surface area contributed by atoms with Gasteiger partial charge in [-0.25, -0.2) is 9.59 Å². The first-order chi connectivity index (χ1) is 10.0. The van der Waals surface area contributed by atoms with E-state index in [1.807, 2.05) is 13.2 Å². The first kappa shape index (κ1) is 15.5. The topological polar surface area (TPSA) is 78.9 Å². The number of carbonyl (C=O) groups is 2. The van der Waals surface area contributed by atoms with Crippen LogP contribution in [-0.2, 0) is 0 Å². The summed E-state index contributed by atoms with van der Waals surface area (Å²) in [4.78, 5) is 25.1. The lowest BCUT2D eigenvalue weighted by Crippen LogP contribution is -2.48. The van der Waals surface area contributed by atoms with Crippen molar-refractivity contribution in [1.29, 1.82) is 0 Å². The number of fused-ring (bicyclic) bond motifs is 1. The molecule has 1 aromatic rings. The van der Waals surface area contributed by atoms with Crippen LogP contribution in [-0.4, -0.2) is 48.3 Å². The Morgan fingerprint density at radius 2 is 2.29 bits per heavy atom. The fourth-order valence-electron chi connectivity index (χ4n) is 2.21. The molecule has 6 nitrogen and oxygen atoms in total. The van der Waals surface area contributed by atoms with Gasteiger partial charge in [0.15, 0.2) is 5.75 Å². The zero-order valence-corrected chi connectivity index (χ0v) is 12.8. The Labute approximate surface area is 127 Å². The Morgan fingerprint density at radius 1 is 1.52 bits per heavy atom. The van der Waals surface area contributed by atoms with Crippen LogP contribution in [0.25, 0.3) is 0 Å². The predicted octanol–water partition coefficient (Wildman–Crippen LogP) is 2.04. The number of benzene rings is 1. The highest BCUT2D eigenvalue weighted by Gasteiger charge is 2.27. The monoisotopic (exact) mass is 310 g/mol. The first-order valence-electron chi connectivity index (χ1n) is 6.60. The lowest BCUT2D eigenvalue weighted by Gasteiger charge is -2.31. The predicted molar refractivity (Wildman–Crippen MR) is 82.6 cm³/mol. The van der Waals surface area contributed by atoms with Gasteiger partial charge in [-0.1, -0.05) is 6.07 Å². The number of hydrogen-bond acceptors (Lipinski definition) is 4. The average molecular weight is 310 g/mol. The molecule has 0 spiro atoms. The molecule has 2 rings (SSSR count). The third kappa shape index (κ3) is 3.41. The Balaban J connectivity index is 2.24. The van der Waals surface area contributed by atoms with Gasteiger partial charge in [0.05, 0.1) is 12.2 Å². The van der Waals surface area contributed by atoms with Crippen LogP contribution in [0, 0.1) is 0 Å². The van der Waals surface area contributed by atoms with Gasteiger partial charge in [-0.05, 0) is 25.3 Å². The lowest BCUT2D eigenvalue weighted by atomic mass is 10.1. The third-order valence-corrected chi connectivity index (χ3v) is 3.94. The maximum atomic E-state index is 12.3. The van der Waals surface area contributed by atoms with E-state index in [0.717, 1.165) is 5.75 Å². The fraction of sp³-hybridized carbons (Fsp3) is 0.429. The highest BCUT2D eigenvalue weighted by molar-refractivity contribution is 7.98. The second-order valence-electron chi connectivity index (χ2n) is 4.76. The van der Waals surface area contributed by atoms with Gasteiger partial charge in [0.2, 0.25) is 0 Å². The summed E-state index contributed by atoms with van der Waals surface area (Å²) in [6.07, 6.45) is 1.98. The maximum Gasteiger partial charge on any atom is 0.339 e. The van der Waals surface area contributed by atoms with Crippen molar-refractivity contribution in [2.24, 2.45) is 0 Å². The summed E-state index contributed by atoms with van der Waals surface area (Å²) in [6, 6.07) is 4.59. The van der Waals surface area contributed by atoms with E-state index in [-0.39, 0.29) is 30.0 Å². The molecule has 1 heterocycles. The summed E-state index contributed by atoms with van der Waals surface area (Å²) < 4.78 is 5.44. The maximum absolute atomic E-state index is 12.3. The smallest absolute Gasteiger partial charge is 0.339 e. The van der Waals surface area contributed by atoms with E-state index in [1.54, 1.807) is 23.9 Å². The molecule has 0 aromatic heterocycles. The molecule has 0 aliphatic carbocycles. The van der Waals surface area contributed by atoms with Crippen molar-refractivity contribution in [3.63, 3.8) is 0 Å². The van der Waals surface area contributed by atoms with Crippen LogP contribution in [0.3, 0.4) is 0 Å². The zero-order valence-electron chi connectivity index (χ0n) is 12.0. The summed E-state index contributed by atoms with van der Waals surface area (Å²) in [6.45, 7) is 2.61. The Bertz CT molecular complexity index is 550. The SMILES string of the molecule is CSCC(C)NC(=O)N1CCOc2c(C(=O)O)cccc21. The van der Waals surface area contributed by atoms with E-state index < -0.39 is 5.97 Å². The molecule has 1 aromatic carbocycles. The number of carboxylic acid groups (broad SMARTS) is 1. The van der Waals surface area contributed by atoms with E-state index >= 15 is 0 Å². The molecule has 2 amide bonds. The standard InChI is InChI=1S/C14H18N2O4S/c1-9(8-21-2)15-14(19)16-6-7-20-12-10(13(17)18)4-3-5-11(12)16/h3-5,9H,6-8H2,1-2H3,(H,15,19)(H,17,18). The minimum Gasteiger partial charge on any atom is -0.489 e. The van der Waals surface area contributed by atoms with Gasteiger partial charge in [0.25, 0.3) is 0 Å². The number of para-hydroxylation sites is 1. The van der Waals surface area contributed by atoms with Crippen LogP contribution in [0.15, 0.2) is 18.2 Å². The van der Waals surface area contributed by atoms with E-state index in [9.17, 15) is 14.7 Å². The van der Waals surface area contributed by atoms with Crippen LogP contribution in [0.1, 0.15) is 17.3 Å². The number of urea groups is 1. The van der Waals surface area contributed by atoms with Gasteiger partial charge in [-0.3, -0.25) is 4.90 Å². The van der Waals surface area contributed by atoms with Crippen molar-refractivity contribution in [1.82, 2.24) is 5.32 Å². The summed E-state index contributed by atoms with van der Waals surface area (Å²) in [5.41, 5.74) is 0.567. The summed E-state index contributed by atoms with van der Waals surface area (Å²) >= 11 is 1.65. The number of anilines is 1. The molecule has 0 fully saturated rings. The van der Waals surface area contributed by atoms with Crippen molar-refractivity contribution < 1.29 is 19.4 Å². The van der Waals surface area contributed by atoms with Crippen LogP contribution < -0.4 is 15.0 Å². The number of rotatable bonds is 4. The molecule has 0 saturated carbocycles. The summed E-state index contributed by atoms with van der Waals surface area (Å²) in [7, 11) is 0.